The fraction of sp³-hybridized carbons (Fsp3) is 0.450. The third-order valence-electron chi connectivity index (χ3n) is 4.84. The summed E-state index contributed by atoms with van der Waals surface area (Å²) in [5.41, 5.74) is 3.60. The molecule has 1 heterocycles. The van der Waals surface area contributed by atoms with Crippen molar-refractivity contribution < 1.29 is 9.53 Å². The van der Waals surface area contributed by atoms with Crippen LogP contribution in [0.25, 0.3) is 5.57 Å². The van der Waals surface area contributed by atoms with Gasteiger partial charge in [0.25, 0.3) is 0 Å². The number of allylic oxidation sites excluding steroid dienone is 3. The van der Waals surface area contributed by atoms with Gasteiger partial charge in [0.15, 0.2) is 0 Å². The number of methoxy groups -OCH3 is 1. The van der Waals surface area contributed by atoms with Crippen molar-refractivity contribution in [3.05, 3.63) is 53.3 Å². The lowest BCUT2D eigenvalue weighted by Crippen LogP contribution is -2.38. The fourth-order valence-corrected chi connectivity index (χ4v) is 3.41. The Labute approximate surface area is 144 Å². The summed E-state index contributed by atoms with van der Waals surface area (Å²) in [4.78, 5) is 13.8. The second-order valence-electron chi connectivity index (χ2n) is 6.45. The minimum absolute atomic E-state index is 0.224. The number of ether oxygens (including phenoxy) is 1. The number of hydrogen-bond acceptors (Lipinski definition) is 3. The van der Waals surface area contributed by atoms with E-state index in [4.69, 9.17) is 4.74 Å². The molecule has 1 fully saturated rings. The highest BCUT2D eigenvalue weighted by atomic mass is 16.5. The third-order valence-corrected chi connectivity index (χ3v) is 4.84. The molecule has 1 aliphatic heterocycles. The predicted octanol–water partition coefficient (Wildman–Crippen LogP) is 3.28. The van der Waals surface area contributed by atoms with Crippen LogP contribution in [0.4, 0.5) is 0 Å². The van der Waals surface area contributed by atoms with Gasteiger partial charge < -0.3 is 15.0 Å². The lowest BCUT2D eigenvalue weighted by atomic mass is 9.93. The second-order valence-corrected chi connectivity index (χ2v) is 6.45. The van der Waals surface area contributed by atoms with E-state index in [0.717, 1.165) is 38.1 Å². The van der Waals surface area contributed by atoms with Crippen LogP contribution in [0.1, 0.15) is 42.9 Å². The normalized spacial score (nSPS) is 22.3. The summed E-state index contributed by atoms with van der Waals surface area (Å²) in [6.45, 7) is 1.58. The average molecular weight is 326 g/mol. The van der Waals surface area contributed by atoms with Crippen LogP contribution < -0.4 is 5.32 Å². The summed E-state index contributed by atoms with van der Waals surface area (Å²) in [7, 11) is 3.60. The molecule has 0 saturated carbocycles. The van der Waals surface area contributed by atoms with Crippen molar-refractivity contribution in [1.82, 2.24) is 10.2 Å². The molecular weight excluding hydrogens is 300 g/mol. The van der Waals surface area contributed by atoms with E-state index in [9.17, 15) is 4.79 Å². The summed E-state index contributed by atoms with van der Waals surface area (Å²) >= 11 is 0. The highest BCUT2D eigenvalue weighted by Gasteiger charge is 2.20. The highest BCUT2D eigenvalue weighted by molar-refractivity contribution is 5.78. The van der Waals surface area contributed by atoms with Crippen molar-refractivity contribution in [3.8, 4) is 0 Å². The van der Waals surface area contributed by atoms with E-state index in [1.807, 2.05) is 11.9 Å². The molecule has 1 atom stereocenters. The van der Waals surface area contributed by atoms with Crippen LogP contribution in [-0.4, -0.2) is 38.1 Å². The van der Waals surface area contributed by atoms with Gasteiger partial charge in [-0.25, -0.2) is 0 Å². The molecule has 1 aliphatic carbocycles. The largest absolute Gasteiger partial charge is 0.496 e. The van der Waals surface area contributed by atoms with Crippen molar-refractivity contribution in [3.63, 3.8) is 0 Å². The van der Waals surface area contributed by atoms with Gasteiger partial charge in [0.1, 0.15) is 5.76 Å². The Morgan fingerprint density at radius 2 is 2.08 bits per heavy atom. The molecular formula is C20H26N2O2. The smallest absolute Gasteiger partial charge is 0.222 e. The molecule has 1 N–H and O–H groups in total. The molecule has 0 spiro atoms. The van der Waals surface area contributed by atoms with Gasteiger partial charge in [-0.1, -0.05) is 24.3 Å². The Morgan fingerprint density at radius 3 is 2.92 bits per heavy atom. The summed E-state index contributed by atoms with van der Waals surface area (Å²) in [5.74, 6) is 1.19. The Morgan fingerprint density at radius 1 is 1.25 bits per heavy atom. The second kappa shape index (κ2) is 7.67. The molecule has 2 aliphatic rings. The number of nitrogens with one attached hydrogen (secondary N) is 1. The van der Waals surface area contributed by atoms with E-state index in [1.54, 1.807) is 7.11 Å². The van der Waals surface area contributed by atoms with Crippen molar-refractivity contribution in [2.24, 2.45) is 0 Å². The first kappa shape index (κ1) is 16.8. The molecule has 0 aromatic heterocycles. The lowest BCUT2D eigenvalue weighted by molar-refractivity contribution is -0.130. The van der Waals surface area contributed by atoms with Gasteiger partial charge in [-0.2, -0.15) is 0 Å². The van der Waals surface area contributed by atoms with Crippen LogP contribution in [0, 0.1) is 0 Å². The molecule has 4 heteroatoms. The van der Waals surface area contributed by atoms with Crippen LogP contribution in [0.2, 0.25) is 0 Å². The third kappa shape index (κ3) is 3.70. The van der Waals surface area contributed by atoms with Gasteiger partial charge in [0.05, 0.1) is 7.11 Å². The first-order valence-corrected chi connectivity index (χ1v) is 8.71. The maximum absolute atomic E-state index is 12.0. The molecule has 1 saturated heterocycles. The molecule has 3 rings (SSSR count). The van der Waals surface area contributed by atoms with Gasteiger partial charge in [0.2, 0.25) is 5.91 Å². The molecule has 0 radical (unpaired) electrons. The van der Waals surface area contributed by atoms with Gasteiger partial charge in [0, 0.05) is 38.2 Å². The Bertz CT molecular complexity index is 663. The zero-order valence-electron chi connectivity index (χ0n) is 14.5. The maximum atomic E-state index is 12.0. The minimum Gasteiger partial charge on any atom is -0.496 e. The first-order valence-electron chi connectivity index (χ1n) is 8.71. The monoisotopic (exact) mass is 326 g/mol. The molecule has 24 heavy (non-hydrogen) atoms. The molecule has 1 aromatic carbocycles. The average Bonchev–Trinajstić information content (AvgIpc) is 2.62. The van der Waals surface area contributed by atoms with E-state index in [2.05, 4.69) is 41.7 Å². The summed E-state index contributed by atoms with van der Waals surface area (Å²) < 4.78 is 5.53. The Hall–Kier alpha value is -2.07. The summed E-state index contributed by atoms with van der Waals surface area (Å²) in [5, 5.41) is 3.58. The molecule has 0 unspecified atom stereocenters. The highest BCUT2D eigenvalue weighted by Crippen LogP contribution is 2.31. The van der Waals surface area contributed by atoms with Gasteiger partial charge >= 0.3 is 0 Å². The van der Waals surface area contributed by atoms with Crippen LogP contribution >= 0.6 is 0 Å². The number of carbonyl (C=O) groups is 1. The van der Waals surface area contributed by atoms with Crippen molar-refractivity contribution in [1.29, 1.82) is 0 Å². The van der Waals surface area contributed by atoms with E-state index < -0.39 is 0 Å². The number of hydrogen-bond donors (Lipinski definition) is 1. The van der Waals surface area contributed by atoms with Crippen molar-refractivity contribution in [2.45, 2.75) is 31.7 Å². The Balaban J connectivity index is 1.81. The first-order chi connectivity index (χ1) is 11.7. The standard InChI is InChI=1S/C20H26N2O2/c1-22-13-12-21-18(10-11-20(22)23)16-7-5-6-15(14-16)17-8-3-4-9-19(17)24-2/h5-9,14,18,21H,3-4,10-13H2,1-2H3/t18-/m1/s1. The van der Waals surface area contributed by atoms with Crippen LogP contribution in [0.5, 0.6) is 0 Å². The van der Waals surface area contributed by atoms with Crippen LogP contribution in [0.15, 0.2) is 42.2 Å². The molecule has 1 aromatic rings. The number of carbonyl (C=O) groups excluding carboxylic acids is 1. The zero-order chi connectivity index (χ0) is 16.9. The number of nitrogens with zero attached hydrogens (tertiary/aromatic N) is 1. The van der Waals surface area contributed by atoms with Crippen molar-refractivity contribution >= 4 is 11.5 Å². The fourth-order valence-electron chi connectivity index (χ4n) is 3.41. The maximum Gasteiger partial charge on any atom is 0.222 e. The summed E-state index contributed by atoms with van der Waals surface area (Å²) in [6.07, 6.45) is 7.91. The van der Waals surface area contributed by atoms with Gasteiger partial charge in [-0.15, -0.1) is 0 Å². The topological polar surface area (TPSA) is 41.6 Å². The van der Waals surface area contributed by atoms with E-state index in [1.165, 1.54) is 16.7 Å². The van der Waals surface area contributed by atoms with E-state index in [-0.39, 0.29) is 11.9 Å². The molecule has 0 bridgehead atoms. The van der Waals surface area contributed by atoms with Gasteiger partial charge in [-0.3, -0.25) is 4.79 Å². The number of likely N-dealkylation sites (N-methyl/N-ethyl adjacent to an activating group) is 1. The van der Waals surface area contributed by atoms with E-state index >= 15 is 0 Å². The van der Waals surface area contributed by atoms with Crippen molar-refractivity contribution in [2.75, 3.05) is 27.2 Å². The molecule has 128 valence electrons. The predicted molar refractivity (Wildman–Crippen MR) is 96.4 cm³/mol. The van der Waals surface area contributed by atoms with E-state index in [0.29, 0.717) is 6.42 Å². The quantitative estimate of drug-likeness (QED) is 0.927. The number of amides is 1. The zero-order valence-corrected chi connectivity index (χ0v) is 14.5. The van der Waals surface area contributed by atoms with Crippen LogP contribution in [0.3, 0.4) is 0 Å². The lowest BCUT2D eigenvalue weighted by Gasteiger charge is -2.27. The SMILES string of the molecule is COC1=CCCC=C1c1cccc([C@H]2CCC(=O)N(C)CCN2)c1. The summed E-state index contributed by atoms with van der Waals surface area (Å²) in [6, 6.07) is 8.84. The minimum atomic E-state index is 0.224. The molecule has 4 nitrogen and oxygen atoms in total. The Kier molecular flexibility index (Phi) is 5.36. The molecule has 1 amide bonds. The van der Waals surface area contributed by atoms with Gasteiger partial charge in [-0.05, 0) is 42.5 Å². The van der Waals surface area contributed by atoms with Crippen LogP contribution in [-0.2, 0) is 9.53 Å². The number of benzene rings is 1. The number of rotatable bonds is 3.